The molecule has 0 N–H and O–H groups in total. The van der Waals surface area contributed by atoms with Gasteiger partial charge in [0.05, 0.1) is 25.1 Å². The van der Waals surface area contributed by atoms with Crippen LogP contribution in [0.4, 0.5) is 13.2 Å². The van der Waals surface area contributed by atoms with Crippen molar-refractivity contribution in [3.8, 4) is 0 Å². The molecule has 1 saturated heterocycles. The number of hydrogen-bond donors (Lipinski definition) is 0. The van der Waals surface area contributed by atoms with Crippen LogP contribution in [0.25, 0.3) is 0 Å². The van der Waals surface area contributed by atoms with E-state index in [-0.39, 0.29) is 18.7 Å². The molecule has 0 atom stereocenters. The minimum absolute atomic E-state index is 0.0173. The zero-order valence-electron chi connectivity index (χ0n) is 8.70. The third-order valence-corrected chi connectivity index (χ3v) is 2.37. The quantitative estimate of drug-likeness (QED) is 0.798. The molecule has 0 aromatic heterocycles. The Labute approximate surface area is 95.7 Å². The molecule has 91 valence electrons. The Kier molecular flexibility index (Phi) is 3.06. The summed E-state index contributed by atoms with van der Waals surface area (Å²) in [7, 11) is 0. The lowest BCUT2D eigenvalue weighted by Gasteiger charge is -2.17. The summed E-state index contributed by atoms with van der Waals surface area (Å²) < 4.78 is 38.0. The zero-order valence-corrected chi connectivity index (χ0v) is 8.70. The smallest absolute Gasteiger partial charge is 0.272 e. The summed E-state index contributed by atoms with van der Waals surface area (Å²) in [5.74, 6) is -0.415. The highest BCUT2D eigenvalue weighted by molar-refractivity contribution is 5.85. The number of carbonyl (C=O) groups is 1. The number of hydrogen-bond acceptors (Lipinski definition) is 2. The lowest BCUT2D eigenvalue weighted by atomic mass is 10.1. The average Bonchev–Trinajstić information content (AvgIpc) is 2.64. The first-order valence-electron chi connectivity index (χ1n) is 4.91. The van der Waals surface area contributed by atoms with Crippen LogP contribution in [0.2, 0.25) is 0 Å². The Hall–Kier alpha value is -1.56. The minimum atomic E-state index is -4.43. The van der Waals surface area contributed by atoms with Crippen molar-refractivity contribution in [2.45, 2.75) is 12.7 Å². The Bertz CT molecular complexity index is 431. The van der Waals surface area contributed by atoms with Gasteiger partial charge >= 0.3 is 6.18 Å². The monoisotopic (exact) mass is 244 g/mol. The third-order valence-electron chi connectivity index (χ3n) is 2.37. The molecule has 0 unspecified atom stereocenters. The van der Waals surface area contributed by atoms with Gasteiger partial charge in [0, 0.05) is 0 Å². The van der Waals surface area contributed by atoms with Crippen molar-refractivity contribution in [1.82, 2.24) is 5.06 Å². The van der Waals surface area contributed by atoms with Gasteiger partial charge in [0.15, 0.2) is 0 Å². The number of benzene rings is 1. The van der Waals surface area contributed by atoms with Crippen LogP contribution in [0.5, 0.6) is 0 Å². The third kappa shape index (κ3) is 2.58. The molecule has 0 aliphatic carbocycles. The van der Waals surface area contributed by atoms with E-state index in [1.807, 2.05) is 0 Å². The second-order valence-electron chi connectivity index (χ2n) is 3.53. The van der Waals surface area contributed by atoms with Gasteiger partial charge in [0.1, 0.15) is 0 Å². The van der Waals surface area contributed by atoms with Gasteiger partial charge in [-0.2, -0.15) is 13.2 Å². The summed E-state index contributed by atoms with van der Waals surface area (Å²) in [6, 6.07) is 5.12. The maximum absolute atomic E-state index is 12.7. The maximum Gasteiger partial charge on any atom is 0.416 e. The first-order chi connectivity index (χ1) is 7.98. The van der Waals surface area contributed by atoms with Crippen molar-refractivity contribution in [1.29, 1.82) is 0 Å². The van der Waals surface area contributed by atoms with Crippen LogP contribution in [0.1, 0.15) is 11.1 Å². The van der Waals surface area contributed by atoms with Crippen molar-refractivity contribution < 1.29 is 22.8 Å². The van der Waals surface area contributed by atoms with Gasteiger partial charge in [-0.3, -0.25) is 9.63 Å². The van der Waals surface area contributed by atoms with Crippen LogP contribution in [0, 0.1) is 6.42 Å². The van der Waals surface area contributed by atoms with E-state index >= 15 is 0 Å². The summed E-state index contributed by atoms with van der Waals surface area (Å²) in [5.41, 5.74) is -0.730. The van der Waals surface area contributed by atoms with Gasteiger partial charge in [0.25, 0.3) is 5.91 Å². The fourth-order valence-electron chi connectivity index (χ4n) is 1.58. The molecule has 1 aromatic rings. The number of hydroxylamine groups is 2. The topological polar surface area (TPSA) is 29.5 Å². The summed E-state index contributed by atoms with van der Waals surface area (Å²) in [5, 5.41) is 0.921. The van der Waals surface area contributed by atoms with Gasteiger partial charge < -0.3 is 0 Å². The molecule has 1 radical (unpaired) electrons. The van der Waals surface area contributed by atoms with E-state index in [1.54, 1.807) is 0 Å². The van der Waals surface area contributed by atoms with Crippen molar-refractivity contribution in [2.24, 2.45) is 0 Å². The highest BCUT2D eigenvalue weighted by Crippen LogP contribution is 2.32. The number of rotatable bonds is 2. The largest absolute Gasteiger partial charge is 0.416 e. The minimum Gasteiger partial charge on any atom is -0.272 e. The fourth-order valence-corrected chi connectivity index (χ4v) is 1.58. The number of alkyl halides is 3. The molecule has 0 bridgehead atoms. The first-order valence-corrected chi connectivity index (χ1v) is 4.91. The second kappa shape index (κ2) is 4.37. The normalized spacial score (nSPS) is 16.6. The second-order valence-corrected chi connectivity index (χ2v) is 3.53. The molecule has 6 heteroatoms. The molecular formula is C11H9F3NO2. The SMILES string of the molecule is O=C1[CH]CON1Cc1ccccc1C(F)(F)F. The lowest BCUT2D eigenvalue weighted by Crippen LogP contribution is -2.24. The first kappa shape index (κ1) is 11.9. The molecule has 1 aliphatic rings. The molecule has 1 aliphatic heterocycles. The van der Waals surface area contributed by atoms with Crippen LogP contribution in [-0.4, -0.2) is 17.6 Å². The number of halogens is 3. The van der Waals surface area contributed by atoms with E-state index < -0.39 is 17.6 Å². The van der Waals surface area contributed by atoms with Crippen LogP contribution in [0.3, 0.4) is 0 Å². The standard InChI is InChI=1S/C11H9F3NO2/c12-11(13,14)9-4-2-1-3-8(9)7-15-10(16)5-6-17-15/h1-5H,6-7H2. The lowest BCUT2D eigenvalue weighted by molar-refractivity contribution is -0.166. The predicted molar refractivity (Wildman–Crippen MR) is 52.2 cm³/mol. The van der Waals surface area contributed by atoms with Gasteiger partial charge in [-0.15, -0.1) is 0 Å². The van der Waals surface area contributed by atoms with E-state index in [1.165, 1.54) is 24.6 Å². The van der Waals surface area contributed by atoms with Gasteiger partial charge in [-0.1, -0.05) is 18.2 Å². The Balaban J connectivity index is 2.23. The molecule has 1 aromatic carbocycles. The average molecular weight is 244 g/mol. The van der Waals surface area contributed by atoms with Gasteiger partial charge in [-0.05, 0) is 11.6 Å². The molecule has 17 heavy (non-hydrogen) atoms. The van der Waals surface area contributed by atoms with Crippen molar-refractivity contribution in [3.63, 3.8) is 0 Å². The van der Waals surface area contributed by atoms with Crippen LogP contribution in [0.15, 0.2) is 24.3 Å². The van der Waals surface area contributed by atoms with Crippen LogP contribution >= 0.6 is 0 Å². The van der Waals surface area contributed by atoms with Crippen molar-refractivity contribution >= 4 is 5.91 Å². The molecular weight excluding hydrogens is 235 g/mol. The molecule has 0 spiro atoms. The maximum atomic E-state index is 12.7. The molecule has 1 heterocycles. The molecule has 2 rings (SSSR count). The summed E-state index contributed by atoms with van der Waals surface area (Å²) in [6.45, 7) is -0.0992. The van der Waals surface area contributed by atoms with E-state index in [0.29, 0.717) is 0 Å². The molecule has 1 fully saturated rings. The molecule has 3 nitrogen and oxygen atoms in total. The van der Waals surface area contributed by atoms with E-state index in [9.17, 15) is 18.0 Å². The number of carbonyl (C=O) groups excluding carboxylic acids is 1. The van der Waals surface area contributed by atoms with Crippen molar-refractivity contribution in [3.05, 3.63) is 41.8 Å². The number of nitrogens with zero attached hydrogens (tertiary/aromatic N) is 1. The summed E-state index contributed by atoms with van der Waals surface area (Å²) in [4.78, 5) is 16.1. The number of amides is 1. The highest BCUT2D eigenvalue weighted by Gasteiger charge is 2.34. The van der Waals surface area contributed by atoms with E-state index in [2.05, 4.69) is 0 Å². The van der Waals surface area contributed by atoms with Gasteiger partial charge in [-0.25, -0.2) is 5.06 Å². The summed E-state index contributed by atoms with van der Waals surface area (Å²) in [6.07, 6.45) is -3.15. The highest BCUT2D eigenvalue weighted by atomic mass is 19.4. The Morgan fingerprint density at radius 3 is 2.59 bits per heavy atom. The predicted octanol–water partition coefficient (Wildman–Crippen LogP) is 2.18. The summed E-state index contributed by atoms with van der Waals surface area (Å²) >= 11 is 0. The van der Waals surface area contributed by atoms with Crippen LogP contribution < -0.4 is 0 Å². The molecule has 0 saturated carbocycles. The van der Waals surface area contributed by atoms with Crippen molar-refractivity contribution in [2.75, 3.05) is 6.61 Å². The van der Waals surface area contributed by atoms with E-state index in [0.717, 1.165) is 11.1 Å². The van der Waals surface area contributed by atoms with Gasteiger partial charge in [0.2, 0.25) is 0 Å². The van der Waals surface area contributed by atoms with Crippen LogP contribution in [-0.2, 0) is 22.4 Å². The fraction of sp³-hybridized carbons (Fsp3) is 0.273. The zero-order chi connectivity index (χ0) is 12.5. The van der Waals surface area contributed by atoms with E-state index in [4.69, 9.17) is 4.84 Å². The Morgan fingerprint density at radius 1 is 1.29 bits per heavy atom. The molecule has 1 amide bonds. The Morgan fingerprint density at radius 2 is 2.00 bits per heavy atom.